The molecule has 2 aromatic carbocycles. The quantitative estimate of drug-likeness (QED) is 0.594. The maximum absolute atomic E-state index is 13.2. The topological polar surface area (TPSA) is 58.6 Å². The fourth-order valence-electron chi connectivity index (χ4n) is 3.20. The lowest BCUT2D eigenvalue weighted by Crippen LogP contribution is -2.49. The average molecular weight is 445 g/mol. The first-order chi connectivity index (χ1) is 14.6. The zero-order valence-corrected chi connectivity index (χ0v) is 19.8. The van der Waals surface area contributed by atoms with Crippen molar-refractivity contribution >= 4 is 23.4 Å². The minimum Gasteiger partial charge on any atom is -0.483 e. The normalized spacial score (nSPS) is 12.2. The van der Waals surface area contributed by atoms with E-state index in [9.17, 15) is 9.59 Å². The molecule has 6 heteroatoms. The summed E-state index contributed by atoms with van der Waals surface area (Å²) in [5.41, 5.74) is 1.81. The molecule has 1 atom stereocenters. The van der Waals surface area contributed by atoms with Crippen molar-refractivity contribution in [3.8, 4) is 5.75 Å². The van der Waals surface area contributed by atoms with E-state index in [2.05, 4.69) is 26.1 Å². The molecule has 0 aromatic heterocycles. The van der Waals surface area contributed by atoms with Crippen molar-refractivity contribution in [2.75, 3.05) is 13.2 Å². The SMILES string of the molecule is CCCNC(=O)C(C)N(Cc1ccc(Cl)cc1)C(=O)COc1ccccc1C(C)(C)C. The number of nitrogens with zero attached hydrogens (tertiary/aromatic N) is 1. The molecule has 0 saturated carbocycles. The fraction of sp³-hybridized carbons (Fsp3) is 0.440. The van der Waals surface area contributed by atoms with E-state index in [0.29, 0.717) is 23.9 Å². The second-order valence-electron chi connectivity index (χ2n) is 8.65. The van der Waals surface area contributed by atoms with Gasteiger partial charge in [-0.15, -0.1) is 0 Å². The second kappa shape index (κ2) is 11.2. The molecule has 1 N–H and O–H groups in total. The molecule has 0 saturated heterocycles. The van der Waals surface area contributed by atoms with Gasteiger partial charge in [0.05, 0.1) is 0 Å². The lowest BCUT2D eigenvalue weighted by molar-refractivity contribution is -0.142. The van der Waals surface area contributed by atoms with Crippen LogP contribution in [0.15, 0.2) is 48.5 Å². The van der Waals surface area contributed by atoms with E-state index in [0.717, 1.165) is 17.5 Å². The number of hydrogen-bond acceptors (Lipinski definition) is 3. The van der Waals surface area contributed by atoms with Crippen molar-refractivity contribution in [1.82, 2.24) is 10.2 Å². The number of amides is 2. The van der Waals surface area contributed by atoms with Gasteiger partial charge in [0.1, 0.15) is 11.8 Å². The average Bonchev–Trinajstić information content (AvgIpc) is 2.74. The first-order valence-electron chi connectivity index (χ1n) is 10.7. The molecule has 31 heavy (non-hydrogen) atoms. The van der Waals surface area contributed by atoms with Crippen LogP contribution in [0.1, 0.15) is 52.2 Å². The largest absolute Gasteiger partial charge is 0.483 e. The molecule has 2 rings (SSSR count). The Bertz CT molecular complexity index is 875. The van der Waals surface area contributed by atoms with Crippen molar-refractivity contribution in [2.24, 2.45) is 0 Å². The van der Waals surface area contributed by atoms with E-state index in [1.807, 2.05) is 43.3 Å². The number of carbonyl (C=O) groups excluding carboxylic acids is 2. The number of para-hydroxylation sites is 1. The Morgan fingerprint density at radius 3 is 2.35 bits per heavy atom. The third kappa shape index (κ3) is 7.28. The molecule has 2 amide bonds. The predicted octanol–water partition coefficient (Wildman–Crippen LogP) is 4.96. The highest BCUT2D eigenvalue weighted by atomic mass is 35.5. The van der Waals surface area contributed by atoms with E-state index >= 15 is 0 Å². The molecule has 0 aliphatic heterocycles. The first-order valence-corrected chi connectivity index (χ1v) is 11.0. The van der Waals surface area contributed by atoms with Gasteiger partial charge in [0, 0.05) is 18.1 Å². The zero-order chi connectivity index (χ0) is 23.0. The summed E-state index contributed by atoms with van der Waals surface area (Å²) in [5, 5.41) is 3.49. The molecule has 5 nitrogen and oxygen atoms in total. The molecule has 2 aromatic rings. The van der Waals surface area contributed by atoms with Crippen LogP contribution in [0.5, 0.6) is 5.75 Å². The van der Waals surface area contributed by atoms with Crippen molar-refractivity contribution < 1.29 is 14.3 Å². The van der Waals surface area contributed by atoms with Gasteiger partial charge in [-0.1, -0.05) is 69.6 Å². The molecule has 168 valence electrons. The highest BCUT2D eigenvalue weighted by molar-refractivity contribution is 6.30. The third-order valence-electron chi connectivity index (χ3n) is 5.03. The Labute approximate surface area is 190 Å². The van der Waals surface area contributed by atoms with Gasteiger partial charge in [-0.2, -0.15) is 0 Å². The van der Waals surface area contributed by atoms with E-state index in [1.165, 1.54) is 0 Å². The van der Waals surface area contributed by atoms with Gasteiger partial charge in [-0.3, -0.25) is 9.59 Å². The lowest BCUT2D eigenvalue weighted by atomic mass is 9.86. The monoisotopic (exact) mass is 444 g/mol. The van der Waals surface area contributed by atoms with Gasteiger partial charge in [-0.25, -0.2) is 0 Å². The Morgan fingerprint density at radius 1 is 1.10 bits per heavy atom. The van der Waals surface area contributed by atoms with Gasteiger partial charge >= 0.3 is 0 Å². The van der Waals surface area contributed by atoms with E-state index in [4.69, 9.17) is 16.3 Å². The van der Waals surface area contributed by atoms with Crippen LogP contribution in [0.3, 0.4) is 0 Å². The van der Waals surface area contributed by atoms with Gasteiger partial charge in [0.15, 0.2) is 6.61 Å². The number of carbonyl (C=O) groups is 2. The number of hydrogen-bond donors (Lipinski definition) is 1. The van der Waals surface area contributed by atoms with Crippen LogP contribution in [-0.2, 0) is 21.5 Å². The van der Waals surface area contributed by atoms with E-state index in [1.54, 1.807) is 24.0 Å². The number of nitrogens with one attached hydrogen (secondary N) is 1. The fourth-order valence-corrected chi connectivity index (χ4v) is 3.33. The summed E-state index contributed by atoms with van der Waals surface area (Å²) in [6.45, 7) is 10.7. The van der Waals surface area contributed by atoms with Crippen LogP contribution in [0, 0.1) is 0 Å². The molecule has 0 spiro atoms. The van der Waals surface area contributed by atoms with Crippen molar-refractivity contribution in [1.29, 1.82) is 0 Å². The lowest BCUT2D eigenvalue weighted by Gasteiger charge is -2.29. The van der Waals surface area contributed by atoms with Gasteiger partial charge in [0.2, 0.25) is 5.91 Å². The maximum Gasteiger partial charge on any atom is 0.261 e. The number of ether oxygens (including phenoxy) is 1. The van der Waals surface area contributed by atoms with Gasteiger partial charge < -0.3 is 15.0 Å². The Kier molecular flexibility index (Phi) is 8.93. The molecule has 0 aliphatic rings. The molecule has 0 radical (unpaired) electrons. The Hall–Kier alpha value is -2.53. The summed E-state index contributed by atoms with van der Waals surface area (Å²) in [7, 11) is 0. The molecule has 1 unspecified atom stereocenters. The molecule has 0 bridgehead atoms. The summed E-state index contributed by atoms with van der Waals surface area (Å²) in [6, 6.07) is 14.4. The van der Waals surface area contributed by atoms with Crippen LogP contribution in [0.4, 0.5) is 0 Å². The predicted molar refractivity (Wildman–Crippen MR) is 125 cm³/mol. The van der Waals surface area contributed by atoms with E-state index < -0.39 is 6.04 Å². The number of benzene rings is 2. The van der Waals surface area contributed by atoms with Crippen LogP contribution < -0.4 is 10.1 Å². The maximum atomic E-state index is 13.2. The van der Waals surface area contributed by atoms with Crippen molar-refractivity contribution in [3.63, 3.8) is 0 Å². The first kappa shape index (κ1) is 24.7. The summed E-state index contributed by atoms with van der Waals surface area (Å²) in [6.07, 6.45) is 0.830. The highest BCUT2D eigenvalue weighted by Gasteiger charge is 2.27. The highest BCUT2D eigenvalue weighted by Crippen LogP contribution is 2.31. The summed E-state index contributed by atoms with van der Waals surface area (Å²) in [5.74, 6) is 0.245. The summed E-state index contributed by atoms with van der Waals surface area (Å²) < 4.78 is 5.93. The summed E-state index contributed by atoms with van der Waals surface area (Å²) >= 11 is 5.99. The van der Waals surface area contributed by atoms with E-state index in [-0.39, 0.29) is 23.8 Å². The molecule has 0 fully saturated rings. The second-order valence-corrected chi connectivity index (χ2v) is 9.09. The zero-order valence-electron chi connectivity index (χ0n) is 19.1. The molecule has 0 aliphatic carbocycles. The smallest absolute Gasteiger partial charge is 0.261 e. The Balaban J connectivity index is 2.19. The minimum atomic E-state index is -0.629. The minimum absolute atomic E-state index is 0.115. The molecule has 0 heterocycles. The van der Waals surface area contributed by atoms with Crippen molar-refractivity contribution in [3.05, 3.63) is 64.7 Å². The van der Waals surface area contributed by atoms with Crippen molar-refractivity contribution in [2.45, 2.75) is 59.0 Å². The van der Waals surface area contributed by atoms with Crippen LogP contribution in [0.25, 0.3) is 0 Å². The third-order valence-corrected chi connectivity index (χ3v) is 5.28. The van der Waals surface area contributed by atoms with Gasteiger partial charge in [0.25, 0.3) is 5.91 Å². The molecular weight excluding hydrogens is 412 g/mol. The van der Waals surface area contributed by atoms with Crippen LogP contribution >= 0.6 is 11.6 Å². The number of halogens is 1. The molecular formula is C25H33ClN2O3. The summed E-state index contributed by atoms with van der Waals surface area (Å²) in [4.78, 5) is 27.3. The standard InChI is InChI=1S/C25H33ClN2O3/c1-6-15-27-24(30)18(2)28(16-19-11-13-20(26)14-12-19)23(29)17-31-22-10-8-7-9-21(22)25(3,4)5/h7-14,18H,6,15-17H2,1-5H3,(H,27,30). The van der Waals surface area contributed by atoms with Crippen LogP contribution in [0.2, 0.25) is 5.02 Å². The number of rotatable bonds is 9. The Morgan fingerprint density at radius 2 is 1.74 bits per heavy atom. The van der Waals surface area contributed by atoms with Crippen LogP contribution in [-0.4, -0.2) is 35.9 Å². The van der Waals surface area contributed by atoms with Gasteiger partial charge in [-0.05, 0) is 48.1 Å².